The minimum atomic E-state index is -3.75. The first-order valence-electron chi connectivity index (χ1n) is 5.53. The van der Waals surface area contributed by atoms with E-state index in [-0.39, 0.29) is 16.5 Å². The van der Waals surface area contributed by atoms with Crippen molar-refractivity contribution in [1.29, 1.82) is 0 Å². The van der Waals surface area contributed by atoms with Gasteiger partial charge in [-0.2, -0.15) is 4.72 Å². The fourth-order valence-electron chi connectivity index (χ4n) is 1.55. The zero-order valence-electron chi connectivity index (χ0n) is 10.5. The van der Waals surface area contributed by atoms with Gasteiger partial charge in [0.1, 0.15) is 10.3 Å². The largest absolute Gasteiger partial charge is 0.480 e. The average Bonchev–Trinajstić information content (AvgIpc) is 2.62. The number of rotatable bonds is 6. The van der Waals surface area contributed by atoms with E-state index in [1.54, 1.807) is 18.4 Å². The molecule has 5 nitrogen and oxygen atoms in total. The Morgan fingerprint density at radius 2 is 2.11 bits per heavy atom. The first kappa shape index (κ1) is 15.1. The van der Waals surface area contributed by atoms with Crippen LogP contribution in [0.1, 0.15) is 25.8 Å². The van der Waals surface area contributed by atoms with Crippen LogP contribution in [0.3, 0.4) is 0 Å². The van der Waals surface area contributed by atoms with Crippen LogP contribution < -0.4 is 4.72 Å². The highest BCUT2D eigenvalue weighted by atomic mass is 32.2. The second-order valence-electron chi connectivity index (χ2n) is 4.53. The Kier molecular flexibility index (Phi) is 4.89. The van der Waals surface area contributed by atoms with Crippen molar-refractivity contribution in [1.82, 2.24) is 4.72 Å². The lowest BCUT2D eigenvalue weighted by Gasteiger charge is -2.16. The molecule has 0 amide bonds. The van der Waals surface area contributed by atoms with E-state index >= 15 is 0 Å². The number of carboxylic acids is 1. The van der Waals surface area contributed by atoms with Gasteiger partial charge in [-0.15, -0.1) is 11.3 Å². The fourth-order valence-corrected chi connectivity index (χ4v) is 4.18. The van der Waals surface area contributed by atoms with Gasteiger partial charge in [0.2, 0.25) is 0 Å². The molecule has 102 valence electrons. The molecule has 0 saturated carbocycles. The summed E-state index contributed by atoms with van der Waals surface area (Å²) in [5, 5.41) is 10.7. The summed E-state index contributed by atoms with van der Waals surface area (Å²) in [6.45, 7) is 5.38. The van der Waals surface area contributed by atoms with Crippen LogP contribution in [0.25, 0.3) is 0 Å². The molecule has 0 fully saturated rings. The lowest BCUT2D eigenvalue weighted by molar-refractivity contribution is -0.139. The van der Waals surface area contributed by atoms with Gasteiger partial charge in [0.25, 0.3) is 10.0 Å². The van der Waals surface area contributed by atoms with Crippen molar-refractivity contribution in [2.45, 2.75) is 37.4 Å². The number of carbonyl (C=O) groups is 1. The van der Waals surface area contributed by atoms with Crippen molar-refractivity contribution in [2.75, 3.05) is 0 Å². The highest BCUT2D eigenvalue weighted by Gasteiger charge is 2.27. The molecular formula is C11H17NO4S2. The molecule has 1 heterocycles. The number of aryl methyl sites for hydroxylation is 1. The van der Waals surface area contributed by atoms with Crippen molar-refractivity contribution < 1.29 is 18.3 Å². The van der Waals surface area contributed by atoms with Gasteiger partial charge in [-0.25, -0.2) is 8.42 Å². The van der Waals surface area contributed by atoms with Crippen LogP contribution in [0.5, 0.6) is 0 Å². The van der Waals surface area contributed by atoms with Crippen molar-refractivity contribution in [3.63, 3.8) is 0 Å². The van der Waals surface area contributed by atoms with Crippen LogP contribution in [0, 0.1) is 12.8 Å². The van der Waals surface area contributed by atoms with Crippen LogP contribution in [0.2, 0.25) is 0 Å². The maximum atomic E-state index is 12.0. The van der Waals surface area contributed by atoms with Crippen LogP contribution in [-0.2, 0) is 14.8 Å². The smallest absolute Gasteiger partial charge is 0.321 e. The zero-order valence-corrected chi connectivity index (χ0v) is 12.1. The summed E-state index contributed by atoms with van der Waals surface area (Å²) in [6.07, 6.45) is 0.263. The Hall–Kier alpha value is -0.920. The molecule has 1 aromatic heterocycles. The Bertz CT molecular complexity index is 519. The van der Waals surface area contributed by atoms with Gasteiger partial charge < -0.3 is 5.11 Å². The third-order valence-electron chi connectivity index (χ3n) is 2.36. The molecule has 0 saturated heterocycles. The number of carboxylic acid groups (broad SMARTS) is 1. The van der Waals surface area contributed by atoms with Gasteiger partial charge in [-0.05, 0) is 36.3 Å². The van der Waals surface area contributed by atoms with E-state index in [9.17, 15) is 13.2 Å². The highest BCUT2D eigenvalue weighted by molar-refractivity contribution is 7.91. The second-order valence-corrected chi connectivity index (χ2v) is 7.36. The quantitative estimate of drug-likeness (QED) is 0.837. The van der Waals surface area contributed by atoms with Crippen molar-refractivity contribution >= 4 is 27.3 Å². The Labute approximate surface area is 111 Å². The average molecular weight is 291 g/mol. The third kappa shape index (κ3) is 3.79. The molecule has 1 aromatic rings. The first-order valence-corrected chi connectivity index (χ1v) is 7.89. The number of sulfonamides is 1. The van der Waals surface area contributed by atoms with E-state index in [1.165, 1.54) is 0 Å². The Morgan fingerprint density at radius 3 is 2.50 bits per heavy atom. The number of aliphatic carboxylic acids is 1. The maximum absolute atomic E-state index is 12.0. The summed E-state index contributed by atoms with van der Waals surface area (Å²) in [4.78, 5) is 11.0. The van der Waals surface area contributed by atoms with E-state index < -0.39 is 22.0 Å². The van der Waals surface area contributed by atoms with Gasteiger partial charge in [0.05, 0.1) is 0 Å². The predicted molar refractivity (Wildman–Crippen MR) is 70.3 cm³/mol. The Balaban J connectivity index is 2.94. The normalized spacial score (nSPS) is 13.8. The minimum Gasteiger partial charge on any atom is -0.480 e. The molecule has 0 aromatic carbocycles. The van der Waals surface area contributed by atoms with Crippen LogP contribution >= 0.6 is 11.3 Å². The summed E-state index contributed by atoms with van der Waals surface area (Å²) >= 11 is 1.09. The summed E-state index contributed by atoms with van der Waals surface area (Å²) in [6, 6.07) is 0.605. The van der Waals surface area contributed by atoms with Gasteiger partial charge in [-0.3, -0.25) is 4.79 Å². The number of hydrogen-bond donors (Lipinski definition) is 2. The molecule has 18 heavy (non-hydrogen) atoms. The maximum Gasteiger partial charge on any atom is 0.321 e. The standard InChI is InChI=1S/C11H17NO4S2/c1-7(2)6-9(10(13)14)12-18(15,16)11-8(3)4-5-17-11/h4-5,7,9,12H,6H2,1-3H3,(H,13,14)/t9-/m1/s1. The number of thiophene rings is 1. The van der Waals surface area contributed by atoms with Crippen LogP contribution in [0.4, 0.5) is 0 Å². The molecule has 0 aliphatic rings. The summed E-state index contributed by atoms with van der Waals surface area (Å²) in [7, 11) is -3.75. The number of nitrogens with one attached hydrogen (secondary N) is 1. The molecule has 0 aliphatic carbocycles. The molecule has 7 heteroatoms. The molecule has 0 unspecified atom stereocenters. The summed E-state index contributed by atoms with van der Waals surface area (Å²) in [5.74, 6) is -1.06. The van der Waals surface area contributed by atoms with E-state index in [0.29, 0.717) is 5.56 Å². The van der Waals surface area contributed by atoms with E-state index in [2.05, 4.69) is 4.72 Å². The Morgan fingerprint density at radius 1 is 1.50 bits per heavy atom. The molecule has 1 rings (SSSR count). The van der Waals surface area contributed by atoms with Gasteiger partial charge >= 0.3 is 5.97 Å². The summed E-state index contributed by atoms with van der Waals surface area (Å²) in [5.41, 5.74) is 0.626. The van der Waals surface area contributed by atoms with Crippen molar-refractivity contribution in [3.05, 3.63) is 17.0 Å². The third-order valence-corrected chi connectivity index (χ3v) is 5.52. The lowest BCUT2D eigenvalue weighted by atomic mass is 10.1. The topological polar surface area (TPSA) is 83.5 Å². The van der Waals surface area contributed by atoms with E-state index in [1.807, 2.05) is 13.8 Å². The summed E-state index contributed by atoms with van der Waals surface area (Å²) < 4.78 is 26.5. The molecule has 1 atom stereocenters. The monoisotopic (exact) mass is 291 g/mol. The van der Waals surface area contributed by atoms with Crippen LogP contribution in [0.15, 0.2) is 15.7 Å². The molecule has 2 N–H and O–H groups in total. The molecular weight excluding hydrogens is 274 g/mol. The molecule has 0 bridgehead atoms. The SMILES string of the molecule is Cc1ccsc1S(=O)(=O)N[C@H](CC(C)C)C(=O)O. The van der Waals surface area contributed by atoms with Crippen molar-refractivity contribution in [2.24, 2.45) is 5.92 Å². The zero-order chi connectivity index (χ0) is 13.9. The fraction of sp³-hybridized carbons (Fsp3) is 0.545. The van der Waals surface area contributed by atoms with Gasteiger partial charge in [0.15, 0.2) is 0 Å². The first-order chi connectivity index (χ1) is 8.24. The van der Waals surface area contributed by atoms with E-state index in [0.717, 1.165) is 11.3 Å². The van der Waals surface area contributed by atoms with Crippen LogP contribution in [-0.4, -0.2) is 25.5 Å². The second kappa shape index (κ2) is 5.81. The predicted octanol–water partition coefficient (Wildman–Crippen LogP) is 1.83. The van der Waals surface area contributed by atoms with Crippen molar-refractivity contribution in [3.8, 4) is 0 Å². The molecule has 0 spiro atoms. The van der Waals surface area contributed by atoms with Gasteiger partial charge in [-0.1, -0.05) is 13.8 Å². The van der Waals surface area contributed by atoms with E-state index in [4.69, 9.17) is 5.11 Å². The minimum absolute atomic E-state index is 0.0956. The molecule has 0 radical (unpaired) electrons. The number of hydrogen-bond acceptors (Lipinski definition) is 4. The molecule has 0 aliphatic heterocycles. The van der Waals surface area contributed by atoms with Gasteiger partial charge in [0, 0.05) is 0 Å². The lowest BCUT2D eigenvalue weighted by Crippen LogP contribution is -2.41. The highest BCUT2D eigenvalue weighted by Crippen LogP contribution is 2.22.